The number of esters is 1. The Morgan fingerprint density at radius 3 is 2.54 bits per heavy atom. The van der Waals surface area contributed by atoms with Crippen LogP contribution in [0.5, 0.6) is 5.75 Å². The predicted octanol–water partition coefficient (Wildman–Crippen LogP) is 7.02. The second-order valence-corrected chi connectivity index (χ2v) is 11.3. The van der Waals surface area contributed by atoms with Crippen molar-refractivity contribution in [1.82, 2.24) is 4.90 Å². The van der Waals surface area contributed by atoms with Crippen molar-refractivity contribution < 1.29 is 27.4 Å². The van der Waals surface area contributed by atoms with Crippen molar-refractivity contribution in [1.29, 1.82) is 0 Å². The summed E-state index contributed by atoms with van der Waals surface area (Å²) in [5, 5.41) is 0.311. The van der Waals surface area contributed by atoms with Crippen LogP contribution in [-0.2, 0) is 28.7 Å². The summed E-state index contributed by atoms with van der Waals surface area (Å²) in [6.45, 7) is 3.46. The zero-order chi connectivity index (χ0) is 26.4. The van der Waals surface area contributed by atoms with Gasteiger partial charge in [-0.1, -0.05) is 30.7 Å². The Kier molecular flexibility index (Phi) is 7.22. The number of alkyl halides is 3. The first-order chi connectivity index (χ1) is 17.6. The van der Waals surface area contributed by atoms with Gasteiger partial charge in [0.1, 0.15) is 11.4 Å². The van der Waals surface area contributed by atoms with Crippen molar-refractivity contribution in [3.8, 4) is 5.75 Å². The maximum Gasteiger partial charge on any atom is 0.416 e. The van der Waals surface area contributed by atoms with E-state index in [9.17, 15) is 18.0 Å². The number of hydrogen-bond donors (Lipinski definition) is 0. The summed E-state index contributed by atoms with van der Waals surface area (Å²) in [5.41, 5.74) is 1.56. The number of carbonyl (C=O) groups excluding carboxylic acids is 1. The zero-order valence-electron chi connectivity index (χ0n) is 21.2. The fourth-order valence-corrected chi connectivity index (χ4v) is 6.36. The van der Waals surface area contributed by atoms with E-state index in [0.29, 0.717) is 24.0 Å². The second-order valence-electron chi connectivity index (χ2n) is 10.9. The largest absolute Gasteiger partial charge is 0.487 e. The summed E-state index contributed by atoms with van der Waals surface area (Å²) in [7, 11) is 1.44. The van der Waals surface area contributed by atoms with E-state index in [1.165, 1.54) is 24.8 Å². The fourth-order valence-electron chi connectivity index (χ4n) is 6.16. The number of rotatable bonds is 6. The van der Waals surface area contributed by atoms with E-state index < -0.39 is 11.7 Å². The van der Waals surface area contributed by atoms with E-state index in [0.717, 1.165) is 55.9 Å². The standard InChI is InChI=1S/C29H33ClF3NO3/c1-18(27(35)36-2)26(20-4-5-20)21-6-3-19-9-10-28(37-25(19)16-21)11-13-34(14-12-28)17-22-15-23(30)7-8-24(22)29(31,32)33/h3,6-8,15-16,18,20,26H,4-5,9-14,17H2,1-2H3/t18-,26+/m1/s1. The number of halogens is 4. The molecule has 2 heterocycles. The molecular weight excluding hydrogens is 503 g/mol. The molecule has 0 unspecified atom stereocenters. The van der Waals surface area contributed by atoms with Gasteiger partial charge in [-0.2, -0.15) is 13.2 Å². The van der Waals surface area contributed by atoms with E-state index in [1.807, 2.05) is 6.92 Å². The molecule has 1 spiro atoms. The van der Waals surface area contributed by atoms with Crippen LogP contribution < -0.4 is 4.74 Å². The Balaban J connectivity index is 1.29. The monoisotopic (exact) mass is 535 g/mol. The lowest BCUT2D eigenvalue weighted by Gasteiger charge is -2.45. The summed E-state index contributed by atoms with van der Waals surface area (Å²) in [6.07, 6.45) is 1.13. The Hall–Kier alpha value is -2.25. The summed E-state index contributed by atoms with van der Waals surface area (Å²) in [4.78, 5) is 14.4. The van der Waals surface area contributed by atoms with Gasteiger partial charge in [-0.05, 0) is 91.3 Å². The molecule has 3 aliphatic rings. The number of ether oxygens (including phenoxy) is 2. The minimum absolute atomic E-state index is 0.113. The van der Waals surface area contributed by atoms with Crippen LogP contribution in [0.25, 0.3) is 0 Å². The quantitative estimate of drug-likeness (QED) is 0.373. The number of hydrogen-bond acceptors (Lipinski definition) is 4. The van der Waals surface area contributed by atoms with Crippen LogP contribution in [0.2, 0.25) is 5.02 Å². The summed E-state index contributed by atoms with van der Waals surface area (Å²) < 4.78 is 52.2. The Morgan fingerprint density at radius 2 is 1.89 bits per heavy atom. The molecule has 8 heteroatoms. The molecule has 5 rings (SSSR count). The van der Waals surface area contributed by atoms with Gasteiger partial charge in [0.15, 0.2) is 0 Å². The average molecular weight is 536 g/mol. The summed E-state index contributed by atoms with van der Waals surface area (Å²) in [5.74, 6) is 1.08. The van der Waals surface area contributed by atoms with Crippen LogP contribution in [0.4, 0.5) is 13.2 Å². The lowest BCUT2D eigenvalue weighted by atomic mass is 9.80. The Bertz CT molecular complexity index is 1160. The molecule has 1 aliphatic carbocycles. The molecule has 2 aliphatic heterocycles. The number of benzene rings is 2. The number of likely N-dealkylation sites (tertiary alicyclic amines) is 1. The number of aryl methyl sites for hydroxylation is 1. The van der Waals surface area contributed by atoms with Crippen molar-refractivity contribution in [3.63, 3.8) is 0 Å². The molecule has 2 atom stereocenters. The molecule has 1 saturated heterocycles. The number of fused-ring (bicyclic) bond motifs is 1. The van der Waals surface area contributed by atoms with Gasteiger partial charge in [0.25, 0.3) is 0 Å². The molecule has 4 nitrogen and oxygen atoms in total. The highest BCUT2D eigenvalue weighted by atomic mass is 35.5. The van der Waals surface area contributed by atoms with Crippen LogP contribution in [0.1, 0.15) is 67.2 Å². The van der Waals surface area contributed by atoms with Crippen molar-refractivity contribution in [3.05, 3.63) is 63.7 Å². The summed E-state index contributed by atoms with van der Waals surface area (Å²) >= 11 is 6.02. The smallest absolute Gasteiger partial charge is 0.416 e. The van der Waals surface area contributed by atoms with E-state index in [-0.39, 0.29) is 35.5 Å². The van der Waals surface area contributed by atoms with Crippen LogP contribution >= 0.6 is 11.6 Å². The molecule has 200 valence electrons. The highest BCUT2D eigenvalue weighted by Crippen LogP contribution is 2.49. The third-order valence-electron chi connectivity index (χ3n) is 8.43. The van der Waals surface area contributed by atoms with Gasteiger partial charge in [-0.15, -0.1) is 0 Å². The molecule has 2 aromatic rings. The number of methoxy groups -OCH3 is 1. The highest BCUT2D eigenvalue weighted by molar-refractivity contribution is 6.30. The molecule has 2 aromatic carbocycles. The normalized spacial score (nSPS) is 21.1. The van der Waals surface area contributed by atoms with Gasteiger partial charge in [-0.25, -0.2) is 0 Å². The number of piperidine rings is 1. The van der Waals surface area contributed by atoms with E-state index >= 15 is 0 Å². The lowest BCUT2D eigenvalue weighted by Crippen LogP contribution is -2.49. The third kappa shape index (κ3) is 5.63. The topological polar surface area (TPSA) is 38.8 Å². The first-order valence-corrected chi connectivity index (χ1v) is 13.4. The number of nitrogens with zero attached hydrogens (tertiary/aromatic N) is 1. The van der Waals surface area contributed by atoms with Gasteiger partial charge in [0, 0.05) is 24.7 Å². The summed E-state index contributed by atoms with van der Waals surface area (Å²) in [6, 6.07) is 10.2. The molecular formula is C29H33ClF3NO3. The highest BCUT2D eigenvalue weighted by Gasteiger charge is 2.42. The first kappa shape index (κ1) is 26.4. The van der Waals surface area contributed by atoms with Crippen LogP contribution in [-0.4, -0.2) is 36.7 Å². The van der Waals surface area contributed by atoms with Gasteiger partial charge in [-0.3, -0.25) is 9.69 Å². The average Bonchev–Trinajstić information content (AvgIpc) is 3.69. The third-order valence-corrected chi connectivity index (χ3v) is 8.66. The van der Waals surface area contributed by atoms with E-state index in [1.54, 1.807) is 0 Å². The lowest BCUT2D eigenvalue weighted by molar-refractivity contribution is -0.145. The van der Waals surface area contributed by atoms with Crippen molar-refractivity contribution >= 4 is 17.6 Å². The Labute approximate surface area is 221 Å². The predicted molar refractivity (Wildman–Crippen MR) is 136 cm³/mol. The van der Waals surface area contributed by atoms with Crippen LogP contribution in [0.15, 0.2) is 36.4 Å². The maximum atomic E-state index is 13.5. The molecule has 0 N–H and O–H groups in total. The zero-order valence-corrected chi connectivity index (χ0v) is 22.0. The maximum absolute atomic E-state index is 13.5. The SMILES string of the molecule is COC(=O)[C@H](C)[C@H](c1ccc2c(c1)OC1(CC2)CCN(Cc2cc(Cl)ccc2C(F)(F)F)CC1)C1CC1. The second kappa shape index (κ2) is 10.1. The van der Waals surface area contributed by atoms with Crippen molar-refractivity contribution in [2.24, 2.45) is 11.8 Å². The first-order valence-electron chi connectivity index (χ1n) is 13.1. The molecule has 0 amide bonds. The molecule has 0 bridgehead atoms. The molecule has 37 heavy (non-hydrogen) atoms. The van der Waals surface area contributed by atoms with Crippen LogP contribution in [0.3, 0.4) is 0 Å². The fraction of sp³-hybridized carbons (Fsp3) is 0.552. The minimum Gasteiger partial charge on any atom is -0.487 e. The van der Waals surface area contributed by atoms with Gasteiger partial charge < -0.3 is 9.47 Å². The molecule has 2 fully saturated rings. The van der Waals surface area contributed by atoms with Crippen molar-refractivity contribution in [2.75, 3.05) is 20.2 Å². The molecule has 0 aromatic heterocycles. The van der Waals surface area contributed by atoms with Crippen LogP contribution in [0, 0.1) is 11.8 Å². The van der Waals surface area contributed by atoms with Gasteiger partial charge in [0.2, 0.25) is 0 Å². The minimum atomic E-state index is -4.41. The van der Waals surface area contributed by atoms with Crippen molar-refractivity contribution in [2.45, 2.75) is 69.7 Å². The van der Waals surface area contributed by atoms with E-state index in [4.69, 9.17) is 21.1 Å². The van der Waals surface area contributed by atoms with Gasteiger partial charge >= 0.3 is 12.1 Å². The molecule has 1 saturated carbocycles. The Morgan fingerprint density at radius 1 is 1.16 bits per heavy atom. The van der Waals surface area contributed by atoms with Gasteiger partial charge in [0.05, 0.1) is 18.6 Å². The molecule has 0 radical (unpaired) electrons. The van der Waals surface area contributed by atoms with E-state index in [2.05, 4.69) is 23.1 Å². The number of carbonyl (C=O) groups is 1.